The van der Waals surface area contributed by atoms with E-state index in [0.29, 0.717) is 25.7 Å². The number of phosphoric acid groups is 2. The molecular formula is C54H81N3O17P2. The number of hydrogen-bond donors (Lipinski definition) is 7. The largest absolute Gasteiger partial charge is 0.481 e. The molecule has 1 aromatic rings. The number of esters is 2. The summed E-state index contributed by atoms with van der Waals surface area (Å²) in [6.07, 6.45) is 40.6. The number of nitrogens with zero attached hydrogens (tertiary/aromatic N) is 2. The maximum absolute atomic E-state index is 12.9. The summed E-state index contributed by atoms with van der Waals surface area (Å²) in [4.78, 5) is 62.0. The van der Waals surface area contributed by atoms with Gasteiger partial charge in [-0.25, -0.2) is 13.9 Å². The Balaban J connectivity index is 1.88. The fraction of sp³-hybridized carbons (Fsp3) is 0.519. The molecule has 1 aliphatic rings. The second-order valence-corrected chi connectivity index (χ2v) is 20.3. The summed E-state index contributed by atoms with van der Waals surface area (Å²) >= 11 is 0. The number of carbonyl (C=O) groups is 2. The lowest BCUT2D eigenvalue weighted by atomic mass is 10.1. The number of hydrogen-bond acceptors (Lipinski definition) is 17. The molecule has 2 unspecified atom stereocenters. The Morgan fingerprint density at radius 1 is 0.711 bits per heavy atom. The summed E-state index contributed by atoms with van der Waals surface area (Å²) in [6, 6.07) is 1.23. The summed E-state index contributed by atoms with van der Waals surface area (Å²) in [7, 11) is -11.0. The van der Waals surface area contributed by atoms with E-state index in [1.807, 2.05) is 37.3 Å². The van der Waals surface area contributed by atoms with Gasteiger partial charge in [0, 0.05) is 19.0 Å². The molecule has 0 radical (unpaired) electrons. The van der Waals surface area contributed by atoms with Crippen molar-refractivity contribution in [2.24, 2.45) is 0 Å². The molecule has 9 atom stereocenters. The second kappa shape index (κ2) is 40.3. The zero-order valence-electron chi connectivity index (χ0n) is 43.7. The number of allylic oxidation sites excluding steroid dienone is 16. The topological polar surface area (TPSA) is 306 Å². The van der Waals surface area contributed by atoms with E-state index in [-0.39, 0.29) is 25.1 Å². The molecule has 1 fully saturated rings. The monoisotopic (exact) mass is 1110 g/mol. The standard InChI is InChI=1S/C54H81N3O17P2/c1-3-5-7-8-9-10-11-12-13-14-15-16-17-18-22-25-31-37-49(60)69-41-46(72-50(61)38-32-26-30-36-45(59)35-29-24-21-19-20-23-28-34-44(58)33-27-6-4-2)42-70-75(65,66)74-76(67,68)71-43-47-51(62)52(63)53(73-47)57-40-39-48(55)56-54(57)64/h5-7,9-10,12-13,15-16,20-21,23-24,27-30,34-36,39-40,44-47,51-53,58-59,62-63H,3-4,8,11,14,17-19,22,25-26,31-33,37-38,41-43H2,1-2H3,(H,65,66)(H,67,68)(H2,55,56,64)/b7-5-,10-9-,13-12-,16-15-,23-20-,24-21-,27-6-,34-28+,35-29+,36-30-/t44-,45-,46+,47+,51+,52+,53+/m0/s1. The molecule has 424 valence electrons. The van der Waals surface area contributed by atoms with E-state index in [2.05, 4.69) is 64.8 Å². The Kier molecular flexibility index (Phi) is 35.6. The van der Waals surface area contributed by atoms with E-state index in [9.17, 15) is 53.7 Å². The van der Waals surface area contributed by atoms with Gasteiger partial charge < -0.3 is 50.2 Å². The number of nitrogens with two attached hydrogens (primary N) is 1. The van der Waals surface area contributed by atoms with Gasteiger partial charge in [0.25, 0.3) is 0 Å². The van der Waals surface area contributed by atoms with Crippen LogP contribution in [0.5, 0.6) is 0 Å². The molecule has 1 aliphatic heterocycles. The lowest BCUT2D eigenvalue weighted by Gasteiger charge is -2.21. The van der Waals surface area contributed by atoms with Gasteiger partial charge in [0.2, 0.25) is 0 Å². The summed E-state index contributed by atoms with van der Waals surface area (Å²) < 4.78 is 56.6. The van der Waals surface area contributed by atoms with Crippen LogP contribution >= 0.6 is 15.6 Å². The number of aromatic nitrogens is 2. The number of ether oxygens (including phenoxy) is 3. The smallest absolute Gasteiger partial charge is 0.462 e. The first kappa shape index (κ1) is 67.2. The fourth-order valence-electron chi connectivity index (χ4n) is 6.75. The third kappa shape index (κ3) is 32.6. The zero-order chi connectivity index (χ0) is 55.9. The number of phosphoric ester groups is 2. The maximum atomic E-state index is 12.9. The highest BCUT2D eigenvalue weighted by Crippen LogP contribution is 2.60. The molecule has 2 heterocycles. The van der Waals surface area contributed by atoms with Crippen LogP contribution < -0.4 is 11.4 Å². The van der Waals surface area contributed by atoms with Gasteiger partial charge in [-0.1, -0.05) is 148 Å². The van der Waals surface area contributed by atoms with Gasteiger partial charge >= 0.3 is 33.3 Å². The number of nitrogen functional groups attached to an aromatic ring is 1. The first-order valence-corrected chi connectivity index (χ1v) is 28.8. The third-order valence-electron chi connectivity index (χ3n) is 10.7. The summed E-state index contributed by atoms with van der Waals surface area (Å²) in [5.74, 6) is -1.54. The third-order valence-corrected chi connectivity index (χ3v) is 13.3. The fourth-order valence-corrected chi connectivity index (χ4v) is 8.86. The van der Waals surface area contributed by atoms with Crippen LogP contribution in [-0.4, -0.2) is 108 Å². The Bertz CT molecular complexity index is 2290. The molecule has 22 heteroatoms. The molecule has 20 nitrogen and oxygen atoms in total. The molecule has 0 aliphatic carbocycles. The molecule has 0 saturated carbocycles. The van der Waals surface area contributed by atoms with Crippen molar-refractivity contribution in [3.05, 3.63) is 144 Å². The minimum Gasteiger partial charge on any atom is -0.462 e. The summed E-state index contributed by atoms with van der Waals surface area (Å²) in [5.41, 5.74) is 4.56. The molecule has 0 spiro atoms. The SMILES string of the molecule is CC/C=C\C/C=C\C/C=C\C/C=C\CCCCCCC(=O)OC[C@H](COP(=O)(O)OP(=O)(O)OC[C@H]1O[C@@H](n2ccc(N)nc2=O)[C@H](O)[C@@H]1O)OC(=O)CCC/C=C\[C@@H](O)/C=C/C=C\C/C=C\C=C\[C@@H](O)C/C=C\CC. The molecule has 0 bridgehead atoms. The van der Waals surface area contributed by atoms with Crippen molar-refractivity contribution in [2.75, 3.05) is 25.6 Å². The predicted octanol–water partition coefficient (Wildman–Crippen LogP) is 8.72. The highest BCUT2D eigenvalue weighted by Gasteiger charge is 2.46. The maximum Gasteiger partial charge on any atom is 0.481 e. The van der Waals surface area contributed by atoms with Gasteiger partial charge in [0.1, 0.15) is 30.7 Å². The summed E-state index contributed by atoms with van der Waals surface area (Å²) in [6.45, 7) is 1.63. The number of aliphatic hydroxyl groups is 4. The average molecular weight is 1110 g/mol. The summed E-state index contributed by atoms with van der Waals surface area (Å²) in [5, 5.41) is 41.1. The number of unbranched alkanes of at least 4 members (excludes halogenated alkanes) is 5. The van der Waals surface area contributed by atoms with Crippen molar-refractivity contribution < 1.29 is 76.5 Å². The lowest BCUT2D eigenvalue weighted by Crippen LogP contribution is -2.36. The number of anilines is 1. The van der Waals surface area contributed by atoms with Gasteiger partial charge in [-0.3, -0.25) is 23.2 Å². The van der Waals surface area contributed by atoms with Crippen molar-refractivity contribution in [1.82, 2.24) is 9.55 Å². The molecule has 0 amide bonds. The first-order valence-electron chi connectivity index (χ1n) is 25.8. The van der Waals surface area contributed by atoms with E-state index in [1.54, 1.807) is 36.5 Å². The molecule has 76 heavy (non-hydrogen) atoms. The number of carbonyl (C=O) groups excluding carboxylic acids is 2. The van der Waals surface area contributed by atoms with Gasteiger partial charge in [-0.15, -0.1) is 0 Å². The molecule has 0 aromatic carbocycles. The molecule has 1 aromatic heterocycles. The number of rotatable bonds is 40. The van der Waals surface area contributed by atoms with Crippen LogP contribution in [0.3, 0.4) is 0 Å². The minimum absolute atomic E-state index is 0.0476. The molecule has 8 N–H and O–H groups in total. The van der Waals surface area contributed by atoms with Crippen LogP contribution in [-0.2, 0) is 46.3 Å². The van der Waals surface area contributed by atoms with Gasteiger partial charge in [0.15, 0.2) is 12.3 Å². The van der Waals surface area contributed by atoms with Crippen molar-refractivity contribution in [1.29, 1.82) is 0 Å². The van der Waals surface area contributed by atoms with Gasteiger partial charge in [-0.05, 0) is 83.1 Å². The van der Waals surface area contributed by atoms with E-state index in [0.717, 1.165) is 68.6 Å². The Morgan fingerprint density at radius 2 is 1.30 bits per heavy atom. The van der Waals surface area contributed by atoms with Crippen molar-refractivity contribution in [3.63, 3.8) is 0 Å². The highest BCUT2D eigenvalue weighted by atomic mass is 31.3. The van der Waals surface area contributed by atoms with Crippen LogP contribution in [0, 0.1) is 0 Å². The number of aliphatic hydroxyl groups excluding tert-OH is 4. The molecule has 2 rings (SSSR count). The Morgan fingerprint density at radius 3 is 1.99 bits per heavy atom. The van der Waals surface area contributed by atoms with E-state index < -0.39 is 95.9 Å². The normalized spacial score (nSPS) is 20.5. The van der Waals surface area contributed by atoms with Crippen molar-refractivity contribution in [2.45, 2.75) is 159 Å². The van der Waals surface area contributed by atoms with Crippen LogP contribution in [0.15, 0.2) is 139 Å². The highest BCUT2D eigenvalue weighted by molar-refractivity contribution is 7.61. The Labute approximate surface area is 447 Å². The van der Waals surface area contributed by atoms with Gasteiger partial charge in [0.05, 0.1) is 25.4 Å². The van der Waals surface area contributed by atoms with Crippen LogP contribution in [0.1, 0.15) is 123 Å². The van der Waals surface area contributed by atoms with Crippen molar-refractivity contribution in [3.8, 4) is 0 Å². The molecule has 1 saturated heterocycles. The van der Waals surface area contributed by atoms with Gasteiger partial charge in [-0.2, -0.15) is 9.29 Å². The lowest BCUT2D eigenvalue weighted by molar-refractivity contribution is -0.161. The van der Waals surface area contributed by atoms with Crippen LogP contribution in [0.4, 0.5) is 5.82 Å². The average Bonchev–Trinajstić information content (AvgIpc) is 3.65. The Hall–Kier alpha value is -4.92. The second-order valence-electron chi connectivity index (χ2n) is 17.3. The van der Waals surface area contributed by atoms with E-state index >= 15 is 0 Å². The predicted molar refractivity (Wildman–Crippen MR) is 291 cm³/mol. The van der Waals surface area contributed by atoms with E-state index in [1.165, 1.54) is 12.1 Å². The molecular weight excluding hydrogens is 1020 g/mol. The van der Waals surface area contributed by atoms with Crippen LogP contribution in [0.25, 0.3) is 0 Å². The van der Waals surface area contributed by atoms with Crippen molar-refractivity contribution >= 4 is 33.4 Å². The zero-order valence-corrected chi connectivity index (χ0v) is 45.5. The minimum atomic E-state index is -5.49. The van der Waals surface area contributed by atoms with E-state index in [4.69, 9.17) is 29.0 Å². The van der Waals surface area contributed by atoms with Crippen LogP contribution in [0.2, 0.25) is 0 Å². The first-order chi connectivity index (χ1) is 36.5. The quantitative estimate of drug-likeness (QED) is 0.0106.